The lowest BCUT2D eigenvalue weighted by atomic mass is 9.93. The van der Waals surface area contributed by atoms with Gasteiger partial charge in [0, 0.05) is 0 Å². The van der Waals surface area contributed by atoms with E-state index in [0.29, 0.717) is 18.3 Å². The molecule has 0 unspecified atom stereocenters. The van der Waals surface area contributed by atoms with Crippen molar-refractivity contribution in [1.29, 1.82) is 0 Å². The monoisotopic (exact) mass is 250 g/mol. The number of carbonyl (C=O) groups is 1. The third-order valence-electron chi connectivity index (χ3n) is 3.15. The second kappa shape index (κ2) is 7.04. The first-order chi connectivity index (χ1) is 8.63. The Bertz CT molecular complexity index is 395. The van der Waals surface area contributed by atoms with E-state index in [0.717, 1.165) is 24.8 Å². The molecule has 0 spiro atoms. The van der Waals surface area contributed by atoms with Crippen LogP contribution in [0, 0.1) is 0 Å². The molecule has 3 nitrogen and oxygen atoms in total. The van der Waals surface area contributed by atoms with Crippen molar-refractivity contribution in [2.24, 2.45) is 0 Å². The minimum Gasteiger partial charge on any atom is -0.493 e. The van der Waals surface area contributed by atoms with Crippen LogP contribution in [0.4, 0.5) is 0 Å². The van der Waals surface area contributed by atoms with Crippen LogP contribution in [0.15, 0.2) is 18.2 Å². The van der Waals surface area contributed by atoms with Gasteiger partial charge in [0.25, 0.3) is 0 Å². The molecule has 0 atom stereocenters. The van der Waals surface area contributed by atoms with Crippen molar-refractivity contribution >= 4 is 5.97 Å². The van der Waals surface area contributed by atoms with E-state index in [1.807, 2.05) is 19.1 Å². The van der Waals surface area contributed by atoms with Crippen molar-refractivity contribution in [3.8, 4) is 5.75 Å². The molecule has 0 aliphatic rings. The fourth-order valence-electron chi connectivity index (χ4n) is 2.06. The number of ether oxygens (including phenoxy) is 1. The number of benzene rings is 1. The van der Waals surface area contributed by atoms with Crippen molar-refractivity contribution < 1.29 is 14.6 Å². The molecule has 1 N–H and O–H groups in total. The number of rotatable bonds is 7. The Hall–Kier alpha value is -1.51. The maximum atomic E-state index is 11.1. The molecule has 0 saturated carbocycles. The summed E-state index contributed by atoms with van der Waals surface area (Å²) in [4.78, 5) is 11.1. The molecule has 100 valence electrons. The van der Waals surface area contributed by atoms with Gasteiger partial charge in [-0.15, -0.1) is 0 Å². The van der Waals surface area contributed by atoms with E-state index < -0.39 is 5.97 Å². The van der Waals surface area contributed by atoms with Crippen molar-refractivity contribution in [3.63, 3.8) is 0 Å². The number of hydrogen-bond acceptors (Lipinski definition) is 2. The molecule has 3 heteroatoms. The van der Waals surface area contributed by atoms with Gasteiger partial charge in [0.2, 0.25) is 0 Å². The van der Waals surface area contributed by atoms with E-state index in [2.05, 4.69) is 13.8 Å². The summed E-state index contributed by atoms with van der Waals surface area (Å²) in [6.45, 7) is 6.84. The van der Waals surface area contributed by atoms with Crippen LogP contribution >= 0.6 is 0 Å². The van der Waals surface area contributed by atoms with Crippen LogP contribution < -0.4 is 4.74 Å². The fraction of sp³-hybridized carbons (Fsp3) is 0.533. The topological polar surface area (TPSA) is 46.5 Å². The lowest BCUT2D eigenvalue weighted by molar-refractivity contribution is 0.0692. The maximum Gasteiger partial charge on any atom is 0.339 e. The predicted octanol–water partition coefficient (Wildman–Crippen LogP) is 4.08. The summed E-state index contributed by atoms with van der Waals surface area (Å²) in [6, 6.07) is 5.44. The Morgan fingerprint density at radius 3 is 2.44 bits per heavy atom. The van der Waals surface area contributed by atoms with Gasteiger partial charge in [-0.2, -0.15) is 0 Å². The van der Waals surface area contributed by atoms with Crippen molar-refractivity contribution in [2.45, 2.75) is 46.0 Å². The quantitative estimate of drug-likeness (QED) is 0.793. The highest BCUT2D eigenvalue weighted by Crippen LogP contribution is 2.29. The van der Waals surface area contributed by atoms with E-state index in [-0.39, 0.29) is 5.56 Å². The highest BCUT2D eigenvalue weighted by Gasteiger charge is 2.15. The van der Waals surface area contributed by atoms with Gasteiger partial charge < -0.3 is 9.84 Å². The third-order valence-corrected chi connectivity index (χ3v) is 3.15. The molecule has 18 heavy (non-hydrogen) atoms. The minimum atomic E-state index is -0.933. The van der Waals surface area contributed by atoms with Crippen LogP contribution in [-0.2, 0) is 0 Å². The molecule has 0 amide bonds. The summed E-state index contributed by atoms with van der Waals surface area (Å²) in [5.74, 6) is 0.0303. The Morgan fingerprint density at radius 2 is 1.94 bits per heavy atom. The standard InChI is InChI=1S/C15H22O3/c1-4-9-18-14-10-12(11(5-2)6-3)7-8-13(14)15(16)17/h7-8,10-11H,4-6,9H2,1-3H3,(H,16,17). The maximum absolute atomic E-state index is 11.1. The van der Waals surface area contributed by atoms with Crippen molar-refractivity contribution in [2.75, 3.05) is 6.61 Å². The zero-order chi connectivity index (χ0) is 13.5. The number of carboxylic acids is 1. The van der Waals surface area contributed by atoms with Crippen LogP contribution in [-0.4, -0.2) is 17.7 Å². The van der Waals surface area contributed by atoms with E-state index in [1.165, 1.54) is 0 Å². The number of hydrogen-bond donors (Lipinski definition) is 1. The molecule has 0 aliphatic carbocycles. The van der Waals surface area contributed by atoms with Gasteiger partial charge in [-0.25, -0.2) is 4.79 Å². The van der Waals surface area contributed by atoms with Gasteiger partial charge in [-0.05, 0) is 42.9 Å². The van der Waals surface area contributed by atoms with Gasteiger partial charge in [-0.1, -0.05) is 26.8 Å². The van der Waals surface area contributed by atoms with Crippen LogP contribution in [0.3, 0.4) is 0 Å². The fourth-order valence-corrected chi connectivity index (χ4v) is 2.06. The summed E-state index contributed by atoms with van der Waals surface area (Å²) in [7, 11) is 0. The molecule has 0 aliphatic heterocycles. The Labute approximate surface area is 109 Å². The Balaban J connectivity index is 3.07. The summed E-state index contributed by atoms with van der Waals surface area (Å²) in [5, 5.41) is 9.13. The zero-order valence-corrected chi connectivity index (χ0v) is 11.4. The summed E-state index contributed by atoms with van der Waals surface area (Å²) >= 11 is 0. The summed E-state index contributed by atoms with van der Waals surface area (Å²) in [5.41, 5.74) is 1.41. The van der Waals surface area contributed by atoms with Gasteiger partial charge in [0.05, 0.1) is 6.61 Å². The lowest BCUT2D eigenvalue weighted by Gasteiger charge is -2.16. The molecule has 0 saturated heterocycles. The van der Waals surface area contributed by atoms with E-state index in [4.69, 9.17) is 9.84 Å². The van der Waals surface area contributed by atoms with Crippen LogP contribution in [0.25, 0.3) is 0 Å². The highest BCUT2D eigenvalue weighted by atomic mass is 16.5. The van der Waals surface area contributed by atoms with E-state index in [1.54, 1.807) is 6.07 Å². The van der Waals surface area contributed by atoms with E-state index >= 15 is 0 Å². The van der Waals surface area contributed by atoms with Crippen LogP contribution in [0.5, 0.6) is 5.75 Å². The smallest absolute Gasteiger partial charge is 0.339 e. The number of carboxylic acid groups (broad SMARTS) is 1. The molecule has 1 aromatic carbocycles. The van der Waals surface area contributed by atoms with Gasteiger partial charge in [-0.3, -0.25) is 0 Å². The van der Waals surface area contributed by atoms with Crippen LogP contribution in [0.2, 0.25) is 0 Å². The molecule has 1 rings (SSSR count). The first-order valence-corrected chi connectivity index (χ1v) is 6.64. The summed E-state index contributed by atoms with van der Waals surface area (Å²) < 4.78 is 5.55. The zero-order valence-electron chi connectivity index (χ0n) is 11.4. The van der Waals surface area contributed by atoms with Crippen molar-refractivity contribution in [3.05, 3.63) is 29.3 Å². The molecule has 1 aromatic rings. The van der Waals surface area contributed by atoms with Crippen molar-refractivity contribution in [1.82, 2.24) is 0 Å². The second-order valence-corrected chi connectivity index (χ2v) is 4.42. The largest absolute Gasteiger partial charge is 0.493 e. The van der Waals surface area contributed by atoms with Crippen LogP contribution in [0.1, 0.15) is 61.9 Å². The third kappa shape index (κ3) is 3.49. The van der Waals surface area contributed by atoms with Gasteiger partial charge in [0.1, 0.15) is 11.3 Å². The Kier molecular flexibility index (Phi) is 5.69. The first-order valence-electron chi connectivity index (χ1n) is 6.64. The average molecular weight is 250 g/mol. The molecule has 0 radical (unpaired) electrons. The Morgan fingerprint density at radius 1 is 1.28 bits per heavy atom. The molecular formula is C15H22O3. The molecule has 0 fully saturated rings. The van der Waals surface area contributed by atoms with Gasteiger partial charge in [0.15, 0.2) is 0 Å². The van der Waals surface area contributed by atoms with Gasteiger partial charge >= 0.3 is 5.97 Å². The normalized spacial score (nSPS) is 10.7. The first kappa shape index (κ1) is 14.6. The minimum absolute atomic E-state index is 0.248. The van der Waals surface area contributed by atoms with E-state index in [9.17, 15) is 4.79 Å². The second-order valence-electron chi connectivity index (χ2n) is 4.42. The molecular weight excluding hydrogens is 228 g/mol. The number of aromatic carboxylic acids is 1. The molecule has 0 heterocycles. The highest BCUT2D eigenvalue weighted by molar-refractivity contribution is 5.91. The summed E-state index contributed by atoms with van der Waals surface area (Å²) in [6.07, 6.45) is 2.97. The lowest BCUT2D eigenvalue weighted by Crippen LogP contribution is -2.06. The average Bonchev–Trinajstić information content (AvgIpc) is 2.37. The SMILES string of the molecule is CCCOc1cc(C(CC)CC)ccc1C(=O)O. The molecule has 0 bridgehead atoms. The molecule has 0 aromatic heterocycles. The predicted molar refractivity (Wildman–Crippen MR) is 72.5 cm³/mol.